The first kappa shape index (κ1) is 27.7. The van der Waals surface area contributed by atoms with Crippen LogP contribution in [0.25, 0.3) is 22.8 Å². The van der Waals surface area contributed by atoms with Crippen molar-refractivity contribution in [2.45, 2.75) is 43.9 Å². The molecule has 2 aromatic carbocycles. The maximum Gasteiger partial charge on any atom is 0.471 e. The molecule has 0 bridgehead atoms. The first-order chi connectivity index (χ1) is 19.9. The number of nitrogens with two attached hydrogens (primary N) is 1. The van der Waals surface area contributed by atoms with E-state index in [0.29, 0.717) is 24.7 Å². The molecule has 2 aliphatic rings. The molecule has 4 heterocycles. The number of carbonyl (C=O) groups is 1. The summed E-state index contributed by atoms with van der Waals surface area (Å²) in [6.07, 6.45) is -4.03. The molecular formula is C26H21F6N7O3. The van der Waals surface area contributed by atoms with Gasteiger partial charge >= 0.3 is 18.1 Å². The number of alkyl halides is 5. The SMILES string of the molecule is NC1CC(F)(F)c2cc(F)c(-c3nnc(N4CCCC4)o3)cc2N(Cc2ccc(-c3noc(C(F)(F)F)n3)cc2)C1=O. The van der Waals surface area contributed by atoms with E-state index in [0.717, 1.165) is 23.8 Å². The summed E-state index contributed by atoms with van der Waals surface area (Å²) in [4.78, 5) is 19.4. The fraction of sp³-hybridized carbons (Fsp3) is 0.346. The van der Waals surface area contributed by atoms with Gasteiger partial charge in [-0.15, -0.1) is 5.10 Å². The van der Waals surface area contributed by atoms with Gasteiger partial charge in [0.2, 0.25) is 11.7 Å². The molecule has 0 radical (unpaired) electrons. The van der Waals surface area contributed by atoms with Crippen molar-refractivity contribution in [1.29, 1.82) is 0 Å². The van der Waals surface area contributed by atoms with Crippen LogP contribution in [-0.2, 0) is 23.4 Å². The van der Waals surface area contributed by atoms with E-state index in [9.17, 15) is 18.0 Å². The van der Waals surface area contributed by atoms with Gasteiger partial charge in [-0.1, -0.05) is 34.5 Å². The van der Waals surface area contributed by atoms with Gasteiger partial charge in [0.05, 0.1) is 23.8 Å². The minimum absolute atomic E-state index is 0.168. The van der Waals surface area contributed by atoms with Crippen molar-refractivity contribution < 1.29 is 40.1 Å². The van der Waals surface area contributed by atoms with Gasteiger partial charge in [-0.2, -0.15) is 18.2 Å². The fourth-order valence-corrected chi connectivity index (χ4v) is 4.96. The van der Waals surface area contributed by atoms with Gasteiger partial charge in [0.25, 0.3) is 11.8 Å². The molecule has 42 heavy (non-hydrogen) atoms. The molecule has 4 aromatic rings. The minimum Gasteiger partial charge on any atom is -0.403 e. The number of rotatable bonds is 5. The summed E-state index contributed by atoms with van der Waals surface area (Å²) in [7, 11) is 0. The number of hydrogen-bond donors (Lipinski definition) is 1. The van der Waals surface area contributed by atoms with Gasteiger partial charge in [0.15, 0.2) is 0 Å². The number of amides is 1. The molecule has 2 aromatic heterocycles. The third-order valence-electron chi connectivity index (χ3n) is 7.07. The average Bonchev–Trinajstić information content (AvgIpc) is 3.72. The van der Waals surface area contributed by atoms with Crippen molar-refractivity contribution in [2.24, 2.45) is 5.73 Å². The van der Waals surface area contributed by atoms with Crippen molar-refractivity contribution in [3.05, 3.63) is 59.2 Å². The van der Waals surface area contributed by atoms with E-state index >= 15 is 13.2 Å². The summed E-state index contributed by atoms with van der Waals surface area (Å²) in [5, 5.41) is 11.2. The van der Waals surface area contributed by atoms with E-state index < -0.39 is 47.7 Å². The second-order valence-corrected chi connectivity index (χ2v) is 9.99. The highest BCUT2D eigenvalue weighted by Gasteiger charge is 2.45. The topological polar surface area (TPSA) is 127 Å². The molecule has 0 spiro atoms. The molecule has 6 rings (SSSR count). The Balaban J connectivity index is 1.35. The number of anilines is 2. The highest BCUT2D eigenvalue weighted by atomic mass is 19.4. The number of fused-ring (bicyclic) bond motifs is 1. The molecule has 2 N–H and O–H groups in total. The Morgan fingerprint density at radius 1 is 1.07 bits per heavy atom. The number of benzene rings is 2. The van der Waals surface area contributed by atoms with Gasteiger partial charge in [-0.3, -0.25) is 4.79 Å². The number of carbonyl (C=O) groups excluding carboxylic acids is 1. The maximum atomic E-state index is 15.3. The lowest BCUT2D eigenvalue weighted by atomic mass is 9.99. The van der Waals surface area contributed by atoms with Crippen molar-refractivity contribution in [3.8, 4) is 22.8 Å². The molecular weight excluding hydrogens is 572 g/mol. The van der Waals surface area contributed by atoms with E-state index in [1.807, 2.05) is 4.90 Å². The van der Waals surface area contributed by atoms with E-state index in [4.69, 9.17) is 10.2 Å². The van der Waals surface area contributed by atoms with E-state index in [2.05, 4.69) is 24.9 Å². The first-order valence-corrected chi connectivity index (χ1v) is 12.8. The zero-order valence-electron chi connectivity index (χ0n) is 21.5. The lowest BCUT2D eigenvalue weighted by Gasteiger charge is -2.25. The highest BCUT2D eigenvalue weighted by molar-refractivity contribution is 5.99. The van der Waals surface area contributed by atoms with Crippen molar-refractivity contribution in [3.63, 3.8) is 0 Å². The van der Waals surface area contributed by atoms with Gasteiger partial charge in [-0.25, -0.2) is 13.2 Å². The van der Waals surface area contributed by atoms with Gasteiger partial charge in [0, 0.05) is 30.6 Å². The Kier molecular flexibility index (Phi) is 6.67. The smallest absolute Gasteiger partial charge is 0.403 e. The van der Waals surface area contributed by atoms with Crippen LogP contribution in [0.5, 0.6) is 0 Å². The summed E-state index contributed by atoms with van der Waals surface area (Å²) >= 11 is 0. The van der Waals surface area contributed by atoms with Crippen LogP contribution in [0, 0.1) is 5.82 Å². The molecule has 1 unspecified atom stereocenters. The Hall–Kier alpha value is -4.47. The molecule has 16 heteroatoms. The second-order valence-electron chi connectivity index (χ2n) is 9.99. The Labute approximate surface area is 233 Å². The molecule has 1 atom stereocenters. The minimum atomic E-state index is -4.82. The molecule has 1 fully saturated rings. The van der Waals surface area contributed by atoms with E-state index in [1.165, 1.54) is 24.3 Å². The zero-order valence-corrected chi connectivity index (χ0v) is 21.5. The number of aromatic nitrogens is 4. The van der Waals surface area contributed by atoms with Crippen molar-refractivity contribution in [2.75, 3.05) is 22.9 Å². The molecule has 2 aliphatic heterocycles. The average molecular weight is 593 g/mol. The predicted molar refractivity (Wildman–Crippen MR) is 134 cm³/mol. The van der Waals surface area contributed by atoms with Gasteiger partial charge in [0.1, 0.15) is 5.82 Å². The molecule has 220 valence electrons. The fourth-order valence-electron chi connectivity index (χ4n) is 4.96. The lowest BCUT2D eigenvalue weighted by Crippen LogP contribution is -2.43. The predicted octanol–water partition coefficient (Wildman–Crippen LogP) is 4.90. The van der Waals surface area contributed by atoms with Crippen LogP contribution in [0.2, 0.25) is 0 Å². The molecule has 1 amide bonds. The second kappa shape index (κ2) is 10.1. The largest absolute Gasteiger partial charge is 0.471 e. The third kappa shape index (κ3) is 5.06. The van der Waals surface area contributed by atoms with Gasteiger partial charge in [-0.05, 0) is 30.5 Å². The molecule has 0 aliphatic carbocycles. The Bertz CT molecular complexity index is 1630. The number of halogens is 6. The summed E-state index contributed by atoms with van der Waals surface area (Å²) in [6.45, 7) is 1.08. The van der Waals surface area contributed by atoms with Crippen LogP contribution < -0.4 is 15.5 Å². The Morgan fingerprint density at radius 2 is 1.79 bits per heavy atom. The number of hydrogen-bond acceptors (Lipinski definition) is 9. The van der Waals surface area contributed by atoms with Crippen LogP contribution >= 0.6 is 0 Å². The van der Waals surface area contributed by atoms with Crippen LogP contribution in [-0.4, -0.2) is 45.4 Å². The summed E-state index contributed by atoms with van der Waals surface area (Å²) < 4.78 is 94.1. The van der Waals surface area contributed by atoms with Crippen LogP contribution in [0.4, 0.5) is 38.0 Å². The van der Waals surface area contributed by atoms with E-state index in [-0.39, 0.29) is 41.1 Å². The van der Waals surface area contributed by atoms with Crippen molar-refractivity contribution in [1.82, 2.24) is 20.3 Å². The van der Waals surface area contributed by atoms with Crippen LogP contribution in [0.15, 0.2) is 45.3 Å². The third-order valence-corrected chi connectivity index (χ3v) is 7.07. The Morgan fingerprint density at radius 3 is 2.45 bits per heavy atom. The molecule has 0 saturated carbocycles. The molecule has 1 saturated heterocycles. The summed E-state index contributed by atoms with van der Waals surface area (Å²) in [5.41, 5.74) is 5.11. The van der Waals surface area contributed by atoms with Crippen molar-refractivity contribution >= 4 is 17.6 Å². The lowest BCUT2D eigenvalue weighted by molar-refractivity contribution is -0.159. The maximum absolute atomic E-state index is 15.3. The summed E-state index contributed by atoms with van der Waals surface area (Å²) in [5.74, 6) is -7.61. The molecule has 10 nitrogen and oxygen atoms in total. The standard InChI is InChI=1S/C26H21F6N7O3/c27-17-10-16-19(9-15(17)21-35-36-24(41-21)38-7-1-2-8-38)39(22(40)18(33)11-25(16,28)29)12-13-3-5-14(6-4-13)20-34-23(42-37-20)26(30,31)32/h3-6,9-10,18H,1-2,7-8,11-12,33H2. The number of nitrogens with zero attached hydrogens (tertiary/aromatic N) is 6. The van der Waals surface area contributed by atoms with Crippen LogP contribution in [0.1, 0.15) is 36.3 Å². The normalized spacial score (nSPS) is 18.8. The van der Waals surface area contributed by atoms with E-state index in [1.54, 1.807) is 0 Å². The first-order valence-electron chi connectivity index (χ1n) is 12.8. The van der Waals surface area contributed by atoms with Gasteiger partial charge < -0.3 is 24.5 Å². The van der Waals surface area contributed by atoms with Crippen LogP contribution in [0.3, 0.4) is 0 Å². The quantitative estimate of drug-likeness (QED) is 0.322. The zero-order chi connectivity index (χ0) is 29.8. The summed E-state index contributed by atoms with van der Waals surface area (Å²) in [6, 6.07) is 5.92. The highest BCUT2D eigenvalue weighted by Crippen LogP contribution is 2.45. The monoisotopic (exact) mass is 593 g/mol.